The van der Waals surface area contributed by atoms with Crippen LogP contribution in [-0.4, -0.2) is 35.5 Å². The molecule has 1 saturated heterocycles. The number of nitrogens with zero attached hydrogens (tertiary/aromatic N) is 1. The minimum Gasteiger partial charge on any atom is -0.469 e. The number of likely N-dealkylation sites (tertiary alicyclic amines) is 1. The van der Waals surface area contributed by atoms with Crippen LogP contribution in [0.4, 0.5) is 4.39 Å². The number of fused-ring (bicyclic) bond motifs is 2. The number of hydrogen-bond acceptors (Lipinski definition) is 3. The van der Waals surface area contributed by atoms with Crippen molar-refractivity contribution in [2.75, 3.05) is 13.7 Å². The van der Waals surface area contributed by atoms with Crippen LogP contribution in [0.25, 0.3) is 10.9 Å². The number of hydrogen-bond donors (Lipinski definition) is 1. The highest BCUT2D eigenvalue weighted by Crippen LogP contribution is 2.41. The van der Waals surface area contributed by atoms with Crippen molar-refractivity contribution in [3.8, 4) is 0 Å². The van der Waals surface area contributed by atoms with Crippen molar-refractivity contribution in [3.05, 3.63) is 48.1 Å². The van der Waals surface area contributed by atoms with E-state index in [0.29, 0.717) is 12.0 Å². The van der Waals surface area contributed by atoms with Crippen LogP contribution in [0.2, 0.25) is 0 Å². The number of halogens is 1. The van der Waals surface area contributed by atoms with E-state index in [1.807, 2.05) is 12.3 Å². The Hall–Kier alpha value is -2.30. The molecule has 1 aliphatic carbocycles. The number of allylic oxidation sites excluding steroid dienone is 1. The standard InChI is InChI=1S/C23H29FN2O2/c1-15(7-8-16-14-25-21-13-17(24)9-10-18(16)21)26-12-11-20(23(27)28-2)19-5-3-4-6-22(19)26/h9-10,13-14,19-20,22,25H,1,3-8,11-12H2,2H3. The van der Waals surface area contributed by atoms with Gasteiger partial charge in [0.25, 0.3) is 0 Å². The maximum absolute atomic E-state index is 13.4. The smallest absolute Gasteiger partial charge is 0.309 e. The molecular formula is C23H29FN2O2. The zero-order valence-electron chi connectivity index (χ0n) is 16.5. The van der Waals surface area contributed by atoms with Crippen LogP contribution in [0.3, 0.4) is 0 Å². The molecule has 2 heterocycles. The second-order valence-corrected chi connectivity index (χ2v) is 8.20. The molecule has 1 N–H and O–H groups in total. The number of methoxy groups -OCH3 is 1. The zero-order valence-corrected chi connectivity index (χ0v) is 16.5. The second-order valence-electron chi connectivity index (χ2n) is 8.20. The van der Waals surface area contributed by atoms with Crippen LogP contribution in [-0.2, 0) is 16.0 Å². The van der Waals surface area contributed by atoms with Crippen LogP contribution in [0.5, 0.6) is 0 Å². The summed E-state index contributed by atoms with van der Waals surface area (Å²) < 4.78 is 18.5. The normalized spacial score (nSPS) is 24.8. The van der Waals surface area contributed by atoms with E-state index in [2.05, 4.69) is 16.5 Å². The maximum Gasteiger partial charge on any atom is 0.309 e. The Morgan fingerprint density at radius 1 is 1.32 bits per heavy atom. The lowest BCUT2D eigenvalue weighted by Gasteiger charge is -2.49. The van der Waals surface area contributed by atoms with E-state index in [1.165, 1.54) is 37.6 Å². The zero-order chi connectivity index (χ0) is 19.7. The Labute approximate surface area is 165 Å². The van der Waals surface area contributed by atoms with Gasteiger partial charge in [-0.15, -0.1) is 0 Å². The molecule has 2 aromatic rings. The summed E-state index contributed by atoms with van der Waals surface area (Å²) in [6.07, 6.45) is 9.21. The van der Waals surface area contributed by atoms with Crippen molar-refractivity contribution in [3.63, 3.8) is 0 Å². The van der Waals surface area contributed by atoms with Crippen molar-refractivity contribution in [1.29, 1.82) is 0 Å². The van der Waals surface area contributed by atoms with Gasteiger partial charge in [0, 0.05) is 35.4 Å². The number of aromatic nitrogens is 1. The van der Waals surface area contributed by atoms with E-state index in [9.17, 15) is 9.18 Å². The molecule has 0 radical (unpaired) electrons. The van der Waals surface area contributed by atoms with Crippen LogP contribution >= 0.6 is 0 Å². The molecular weight excluding hydrogens is 355 g/mol. The van der Waals surface area contributed by atoms with Crippen molar-refractivity contribution in [1.82, 2.24) is 9.88 Å². The van der Waals surface area contributed by atoms with Gasteiger partial charge in [-0.2, -0.15) is 0 Å². The molecule has 0 spiro atoms. The lowest BCUT2D eigenvalue weighted by molar-refractivity contribution is -0.151. The van der Waals surface area contributed by atoms with Gasteiger partial charge in [-0.25, -0.2) is 4.39 Å². The van der Waals surface area contributed by atoms with E-state index >= 15 is 0 Å². The van der Waals surface area contributed by atoms with Crippen molar-refractivity contribution >= 4 is 16.9 Å². The highest BCUT2D eigenvalue weighted by Gasteiger charge is 2.43. The van der Waals surface area contributed by atoms with E-state index in [0.717, 1.165) is 55.2 Å². The summed E-state index contributed by atoms with van der Waals surface area (Å²) in [5, 5.41) is 1.08. The van der Waals surface area contributed by atoms with Crippen LogP contribution in [0.15, 0.2) is 36.7 Å². The van der Waals surface area contributed by atoms with Gasteiger partial charge in [-0.1, -0.05) is 19.4 Å². The molecule has 150 valence electrons. The van der Waals surface area contributed by atoms with E-state index in [-0.39, 0.29) is 17.7 Å². The fourth-order valence-electron chi connectivity index (χ4n) is 5.28. The SMILES string of the molecule is C=C(CCc1c[nH]c2cc(F)ccc12)N1CCC(C(=O)OC)C2CCCCC21. The highest BCUT2D eigenvalue weighted by atomic mass is 19.1. The number of aryl methyl sites for hydroxylation is 1. The van der Waals surface area contributed by atoms with Crippen LogP contribution < -0.4 is 0 Å². The molecule has 28 heavy (non-hydrogen) atoms. The van der Waals surface area contributed by atoms with E-state index < -0.39 is 0 Å². The number of benzene rings is 1. The molecule has 1 saturated carbocycles. The van der Waals surface area contributed by atoms with E-state index in [4.69, 9.17) is 4.74 Å². The fraction of sp³-hybridized carbons (Fsp3) is 0.522. The van der Waals surface area contributed by atoms with Crippen molar-refractivity contribution in [2.24, 2.45) is 11.8 Å². The summed E-state index contributed by atoms with van der Waals surface area (Å²) in [5.41, 5.74) is 3.18. The number of piperidine rings is 1. The third-order valence-electron chi connectivity index (χ3n) is 6.70. The Morgan fingerprint density at radius 3 is 2.96 bits per heavy atom. The predicted octanol–water partition coefficient (Wildman–Crippen LogP) is 4.81. The maximum atomic E-state index is 13.4. The Bertz CT molecular complexity index is 875. The molecule has 1 aliphatic heterocycles. The quantitative estimate of drug-likeness (QED) is 0.753. The van der Waals surface area contributed by atoms with Crippen LogP contribution in [0, 0.1) is 17.7 Å². The summed E-state index contributed by atoms with van der Waals surface area (Å²) in [6, 6.07) is 5.30. The average Bonchev–Trinajstić information content (AvgIpc) is 3.12. The number of rotatable bonds is 5. The molecule has 0 amide bonds. The van der Waals surface area contributed by atoms with Gasteiger partial charge in [-0.3, -0.25) is 4.79 Å². The monoisotopic (exact) mass is 384 g/mol. The molecule has 1 aromatic heterocycles. The van der Waals surface area contributed by atoms with Gasteiger partial charge >= 0.3 is 5.97 Å². The number of H-pyrrole nitrogens is 1. The third-order valence-corrected chi connectivity index (χ3v) is 6.70. The lowest BCUT2D eigenvalue weighted by Crippen LogP contribution is -2.51. The first kappa shape index (κ1) is 19.0. The Kier molecular flexibility index (Phi) is 5.42. The van der Waals surface area contributed by atoms with Crippen molar-refractivity contribution < 1.29 is 13.9 Å². The minimum atomic E-state index is -0.220. The lowest BCUT2D eigenvalue weighted by atomic mass is 9.71. The first-order chi connectivity index (χ1) is 13.6. The second kappa shape index (κ2) is 7.98. The summed E-state index contributed by atoms with van der Waals surface area (Å²) in [5.74, 6) is 0.140. The van der Waals surface area contributed by atoms with Crippen LogP contribution in [0.1, 0.15) is 44.1 Å². The molecule has 0 bridgehead atoms. The first-order valence-electron chi connectivity index (χ1n) is 10.4. The topological polar surface area (TPSA) is 45.3 Å². The molecule has 2 aliphatic rings. The van der Waals surface area contributed by atoms with Gasteiger partial charge < -0.3 is 14.6 Å². The molecule has 4 nitrogen and oxygen atoms in total. The van der Waals surface area contributed by atoms with Gasteiger partial charge in [0.05, 0.1) is 13.0 Å². The number of aromatic amines is 1. The highest BCUT2D eigenvalue weighted by molar-refractivity contribution is 5.83. The number of esters is 1. The Morgan fingerprint density at radius 2 is 2.14 bits per heavy atom. The number of carbonyl (C=O) groups is 1. The van der Waals surface area contributed by atoms with E-state index in [1.54, 1.807) is 0 Å². The summed E-state index contributed by atoms with van der Waals surface area (Å²) >= 11 is 0. The van der Waals surface area contributed by atoms with Gasteiger partial charge in [0.15, 0.2) is 0 Å². The molecule has 3 unspecified atom stereocenters. The first-order valence-corrected chi connectivity index (χ1v) is 10.4. The summed E-state index contributed by atoms with van der Waals surface area (Å²) in [6.45, 7) is 5.27. The summed E-state index contributed by atoms with van der Waals surface area (Å²) in [7, 11) is 1.50. The van der Waals surface area contributed by atoms with Crippen molar-refractivity contribution in [2.45, 2.75) is 51.0 Å². The van der Waals surface area contributed by atoms with Gasteiger partial charge in [0.1, 0.15) is 5.82 Å². The molecule has 2 fully saturated rings. The number of carbonyl (C=O) groups excluding carboxylic acids is 1. The minimum absolute atomic E-state index is 0.0304. The number of ether oxygens (including phenoxy) is 1. The summed E-state index contributed by atoms with van der Waals surface area (Å²) in [4.78, 5) is 17.9. The van der Waals surface area contributed by atoms with Gasteiger partial charge in [0.2, 0.25) is 0 Å². The molecule has 3 atom stereocenters. The molecule has 4 rings (SSSR count). The molecule has 1 aromatic carbocycles. The largest absolute Gasteiger partial charge is 0.469 e. The average molecular weight is 384 g/mol. The predicted molar refractivity (Wildman–Crippen MR) is 108 cm³/mol. The fourth-order valence-corrected chi connectivity index (χ4v) is 5.28. The Balaban J connectivity index is 1.44. The molecule has 5 heteroatoms. The number of nitrogens with one attached hydrogen (secondary N) is 1. The van der Waals surface area contributed by atoms with Gasteiger partial charge in [-0.05, 0) is 61.8 Å². The third kappa shape index (κ3) is 3.54.